The van der Waals surface area contributed by atoms with Crippen molar-refractivity contribution in [2.45, 2.75) is 64.0 Å². The average molecular weight is 233 g/mol. The fraction of sp³-hybridized carbons (Fsp3) is 0.786. The summed E-state index contributed by atoms with van der Waals surface area (Å²) in [5, 5.41) is 3.63. The molecule has 2 aliphatic carbocycles. The lowest BCUT2D eigenvalue weighted by Crippen LogP contribution is -2.25. The van der Waals surface area contributed by atoms with Crippen LogP contribution in [0.5, 0.6) is 0 Å². The Kier molecular flexibility index (Phi) is 3.08. The summed E-state index contributed by atoms with van der Waals surface area (Å²) < 4.78 is 2.35. The molecule has 0 amide bonds. The molecule has 0 spiro atoms. The van der Waals surface area contributed by atoms with E-state index in [1.54, 1.807) is 0 Å². The van der Waals surface area contributed by atoms with E-state index in [9.17, 15) is 0 Å². The van der Waals surface area contributed by atoms with Gasteiger partial charge in [-0.3, -0.25) is 0 Å². The first-order valence-electron chi connectivity index (χ1n) is 7.14. The van der Waals surface area contributed by atoms with Gasteiger partial charge in [0.2, 0.25) is 5.95 Å². The smallest absolute Gasteiger partial charge is 0.203 e. The van der Waals surface area contributed by atoms with Gasteiger partial charge in [0.05, 0.1) is 0 Å². The largest absolute Gasteiger partial charge is 0.353 e. The van der Waals surface area contributed by atoms with Gasteiger partial charge >= 0.3 is 0 Å². The van der Waals surface area contributed by atoms with Crippen LogP contribution in [0.4, 0.5) is 5.95 Å². The Morgan fingerprint density at radius 1 is 1.24 bits per heavy atom. The lowest BCUT2D eigenvalue weighted by molar-refractivity contribution is 0.224. The molecule has 3 rings (SSSR count). The van der Waals surface area contributed by atoms with Gasteiger partial charge in [-0.25, -0.2) is 4.98 Å². The van der Waals surface area contributed by atoms with E-state index in [2.05, 4.69) is 28.0 Å². The molecule has 17 heavy (non-hydrogen) atoms. The zero-order valence-corrected chi connectivity index (χ0v) is 10.7. The lowest BCUT2D eigenvalue weighted by Gasteiger charge is -2.33. The van der Waals surface area contributed by atoms with E-state index in [1.165, 1.54) is 44.9 Å². The Morgan fingerprint density at radius 2 is 2.00 bits per heavy atom. The van der Waals surface area contributed by atoms with Gasteiger partial charge < -0.3 is 9.88 Å². The van der Waals surface area contributed by atoms with Crippen LogP contribution in [0.15, 0.2) is 12.4 Å². The summed E-state index contributed by atoms with van der Waals surface area (Å²) >= 11 is 0. The molecule has 2 fully saturated rings. The van der Waals surface area contributed by atoms with Gasteiger partial charge in [-0.15, -0.1) is 0 Å². The quantitative estimate of drug-likeness (QED) is 0.861. The van der Waals surface area contributed by atoms with E-state index >= 15 is 0 Å². The maximum absolute atomic E-state index is 4.49. The predicted octanol–water partition coefficient (Wildman–Crippen LogP) is 3.60. The molecule has 1 heterocycles. The van der Waals surface area contributed by atoms with Crippen LogP contribution in [-0.4, -0.2) is 15.6 Å². The molecule has 94 valence electrons. The first-order valence-corrected chi connectivity index (χ1v) is 7.14. The van der Waals surface area contributed by atoms with Gasteiger partial charge in [-0.2, -0.15) is 0 Å². The Bertz CT molecular complexity index is 361. The number of nitrogens with zero attached hydrogens (tertiary/aromatic N) is 2. The summed E-state index contributed by atoms with van der Waals surface area (Å²) in [6.07, 6.45) is 13.6. The van der Waals surface area contributed by atoms with Gasteiger partial charge in [0.25, 0.3) is 0 Å². The summed E-state index contributed by atoms with van der Waals surface area (Å²) in [5.41, 5.74) is 0. The standard InChI is InChI=1S/C14H23N3/c1-11(12-5-4-6-12)17-10-9-15-14(17)16-13-7-2-3-8-13/h9-13H,2-8H2,1H3,(H,15,16). The summed E-state index contributed by atoms with van der Waals surface area (Å²) in [6.45, 7) is 2.34. The normalized spacial score (nSPS) is 23.6. The van der Waals surface area contributed by atoms with Crippen LogP contribution < -0.4 is 5.32 Å². The molecular formula is C14H23N3. The van der Waals surface area contributed by atoms with Crippen LogP contribution in [0.1, 0.15) is 57.9 Å². The van der Waals surface area contributed by atoms with Gasteiger partial charge in [0.15, 0.2) is 0 Å². The van der Waals surface area contributed by atoms with Crippen molar-refractivity contribution in [3.8, 4) is 0 Å². The highest BCUT2D eigenvalue weighted by Crippen LogP contribution is 2.37. The number of hydrogen-bond acceptors (Lipinski definition) is 2. The maximum Gasteiger partial charge on any atom is 0.203 e. The highest BCUT2D eigenvalue weighted by atomic mass is 15.2. The van der Waals surface area contributed by atoms with Crippen molar-refractivity contribution in [1.29, 1.82) is 0 Å². The number of aromatic nitrogens is 2. The summed E-state index contributed by atoms with van der Waals surface area (Å²) in [6, 6.07) is 1.26. The first kappa shape index (κ1) is 11.1. The van der Waals surface area contributed by atoms with Crippen molar-refractivity contribution in [2.24, 2.45) is 5.92 Å². The molecule has 0 aliphatic heterocycles. The van der Waals surface area contributed by atoms with Crippen molar-refractivity contribution in [3.05, 3.63) is 12.4 Å². The molecule has 0 radical (unpaired) electrons. The highest BCUT2D eigenvalue weighted by molar-refractivity contribution is 5.29. The average Bonchev–Trinajstić information content (AvgIpc) is 2.86. The molecule has 2 aliphatic rings. The third kappa shape index (κ3) is 2.20. The molecule has 2 saturated carbocycles. The van der Waals surface area contributed by atoms with Crippen molar-refractivity contribution in [3.63, 3.8) is 0 Å². The second-order valence-electron chi connectivity index (χ2n) is 5.72. The van der Waals surface area contributed by atoms with Gasteiger partial charge in [0.1, 0.15) is 0 Å². The fourth-order valence-electron chi connectivity index (χ4n) is 3.16. The lowest BCUT2D eigenvalue weighted by atomic mass is 9.80. The van der Waals surface area contributed by atoms with Crippen molar-refractivity contribution in [1.82, 2.24) is 9.55 Å². The number of nitrogens with one attached hydrogen (secondary N) is 1. The number of hydrogen-bond donors (Lipinski definition) is 1. The molecular weight excluding hydrogens is 210 g/mol. The number of imidazole rings is 1. The molecule has 0 saturated heterocycles. The van der Waals surface area contributed by atoms with Crippen LogP contribution in [0, 0.1) is 5.92 Å². The topological polar surface area (TPSA) is 29.9 Å². The van der Waals surface area contributed by atoms with Crippen molar-refractivity contribution < 1.29 is 0 Å². The summed E-state index contributed by atoms with van der Waals surface area (Å²) in [7, 11) is 0. The second-order valence-corrected chi connectivity index (χ2v) is 5.72. The van der Waals surface area contributed by atoms with Crippen LogP contribution in [0.3, 0.4) is 0 Å². The van der Waals surface area contributed by atoms with Crippen molar-refractivity contribution in [2.75, 3.05) is 5.32 Å². The Hall–Kier alpha value is -0.990. The molecule has 1 atom stereocenters. The third-order valence-corrected chi connectivity index (χ3v) is 4.63. The Balaban J connectivity index is 1.69. The van der Waals surface area contributed by atoms with E-state index in [4.69, 9.17) is 0 Å². The predicted molar refractivity (Wildman–Crippen MR) is 70.2 cm³/mol. The van der Waals surface area contributed by atoms with E-state index in [1.807, 2.05) is 6.20 Å². The van der Waals surface area contributed by atoms with Crippen LogP contribution in [0.2, 0.25) is 0 Å². The molecule has 0 aromatic carbocycles. The van der Waals surface area contributed by atoms with Gasteiger partial charge in [-0.1, -0.05) is 19.3 Å². The minimum Gasteiger partial charge on any atom is -0.353 e. The van der Waals surface area contributed by atoms with E-state index in [0.717, 1.165) is 11.9 Å². The Morgan fingerprint density at radius 3 is 2.65 bits per heavy atom. The molecule has 1 aromatic rings. The Labute approximate surface area is 104 Å². The van der Waals surface area contributed by atoms with E-state index in [0.29, 0.717) is 12.1 Å². The van der Waals surface area contributed by atoms with E-state index in [-0.39, 0.29) is 0 Å². The van der Waals surface area contributed by atoms with Gasteiger partial charge in [-0.05, 0) is 38.5 Å². The summed E-state index contributed by atoms with van der Waals surface area (Å²) in [4.78, 5) is 4.49. The minimum atomic E-state index is 0.607. The molecule has 0 bridgehead atoms. The summed E-state index contributed by atoms with van der Waals surface area (Å²) in [5.74, 6) is 1.96. The first-order chi connectivity index (χ1) is 8.34. The SMILES string of the molecule is CC(C1CCC1)n1ccnc1NC1CCCC1. The molecule has 1 unspecified atom stereocenters. The van der Waals surface area contributed by atoms with Crippen LogP contribution >= 0.6 is 0 Å². The highest BCUT2D eigenvalue weighted by Gasteiger charge is 2.27. The van der Waals surface area contributed by atoms with Crippen LogP contribution in [-0.2, 0) is 0 Å². The zero-order valence-electron chi connectivity index (χ0n) is 10.7. The van der Waals surface area contributed by atoms with Crippen LogP contribution in [0.25, 0.3) is 0 Å². The maximum atomic E-state index is 4.49. The number of rotatable bonds is 4. The van der Waals surface area contributed by atoms with E-state index < -0.39 is 0 Å². The number of anilines is 1. The second kappa shape index (κ2) is 4.71. The fourth-order valence-corrected chi connectivity index (χ4v) is 3.16. The minimum absolute atomic E-state index is 0.607. The molecule has 1 N–H and O–H groups in total. The zero-order chi connectivity index (χ0) is 11.7. The molecule has 3 heteroatoms. The monoisotopic (exact) mass is 233 g/mol. The molecule has 1 aromatic heterocycles. The van der Waals surface area contributed by atoms with Gasteiger partial charge in [0, 0.05) is 24.5 Å². The molecule has 3 nitrogen and oxygen atoms in total. The van der Waals surface area contributed by atoms with Crippen molar-refractivity contribution >= 4 is 5.95 Å². The third-order valence-electron chi connectivity index (χ3n) is 4.63.